The fourth-order valence-corrected chi connectivity index (χ4v) is 4.07. The van der Waals surface area contributed by atoms with E-state index in [9.17, 15) is 4.79 Å². The molecule has 2 aliphatic rings. The summed E-state index contributed by atoms with van der Waals surface area (Å²) in [6.07, 6.45) is 3.61. The van der Waals surface area contributed by atoms with Crippen molar-refractivity contribution in [3.8, 4) is 0 Å². The maximum Gasteiger partial charge on any atom is 0.356 e. The lowest BCUT2D eigenvalue weighted by Gasteiger charge is -2.40. The number of morpholine rings is 1. The van der Waals surface area contributed by atoms with Gasteiger partial charge in [0.2, 0.25) is 5.95 Å². The molecule has 0 atom stereocenters. The van der Waals surface area contributed by atoms with Crippen molar-refractivity contribution in [1.29, 1.82) is 0 Å². The summed E-state index contributed by atoms with van der Waals surface area (Å²) in [5, 5.41) is 12.2. The highest BCUT2D eigenvalue weighted by Gasteiger charge is 2.25. The third kappa shape index (κ3) is 4.77. The number of aromatic nitrogens is 2. The Morgan fingerprint density at radius 3 is 2.48 bits per heavy atom. The highest BCUT2D eigenvalue weighted by Crippen LogP contribution is 2.25. The lowest BCUT2D eigenvalue weighted by Crippen LogP contribution is -2.49. The maximum atomic E-state index is 11.2. The number of anilines is 3. The molecule has 1 aromatic carbocycles. The van der Waals surface area contributed by atoms with Gasteiger partial charge >= 0.3 is 5.97 Å². The van der Waals surface area contributed by atoms with E-state index in [1.54, 1.807) is 0 Å². The minimum atomic E-state index is -1.18. The van der Waals surface area contributed by atoms with Gasteiger partial charge in [-0.3, -0.25) is 4.90 Å². The lowest BCUT2D eigenvalue weighted by atomic mass is 10.0. The van der Waals surface area contributed by atoms with Crippen molar-refractivity contribution in [2.45, 2.75) is 18.9 Å². The van der Waals surface area contributed by atoms with Gasteiger partial charge in [0, 0.05) is 43.6 Å². The average molecular weight is 418 g/mol. The Labute approximate surface area is 174 Å². The van der Waals surface area contributed by atoms with Gasteiger partial charge in [-0.2, -0.15) is 0 Å². The first-order valence-electron chi connectivity index (χ1n) is 9.80. The monoisotopic (exact) mass is 417 g/mol. The molecule has 2 aromatic rings. The number of hydrogen-bond acceptors (Lipinski definition) is 7. The topological polar surface area (TPSA) is 90.8 Å². The van der Waals surface area contributed by atoms with Crippen LogP contribution in [0.3, 0.4) is 0 Å². The van der Waals surface area contributed by atoms with Crippen molar-refractivity contribution in [1.82, 2.24) is 14.9 Å². The highest BCUT2D eigenvalue weighted by atomic mass is 35.5. The van der Waals surface area contributed by atoms with Gasteiger partial charge in [0.25, 0.3) is 0 Å². The molecule has 0 bridgehead atoms. The normalized spacial score (nSPS) is 18.6. The van der Waals surface area contributed by atoms with E-state index in [2.05, 4.69) is 37.2 Å². The van der Waals surface area contributed by atoms with Crippen LogP contribution in [-0.4, -0.2) is 71.4 Å². The van der Waals surface area contributed by atoms with Crippen molar-refractivity contribution in [2.75, 3.05) is 49.6 Å². The second-order valence-corrected chi connectivity index (χ2v) is 7.64. The first-order chi connectivity index (χ1) is 14.1. The first kappa shape index (κ1) is 19.9. The van der Waals surface area contributed by atoms with Gasteiger partial charge < -0.3 is 20.1 Å². The summed E-state index contributed by atoms with van der Waals surface area (Å²) in [7, 11) is 0. The summed E-state index contributed by atoms with van der Waals surface area (Å²) in [5.74, 6) is -0.984. The van der Waals surface area contributed by atoms with E-state index in [0.717, 1.165) is 57.9 Å². The van der Waals surface area contributed by atoms with E-state index in [-0.39, 0.29) is 16.7 Å². The van der Waals surface area contributed by atoms with Gasteiger partial charge in [-0.15, -0.1) is 0 Å². The largest absolute Gasteiger partial charge is 0.476 e. The molecule has 2 fully saturated rings. The number of aromatic carboxylic acids is 1. The molecule has 9 heteroatoms. The lowest BCUT2D eigenvalue weighted by molar-refractivity contribution is 0.0115. The van der Waals surface area contributed by atoms with Crippen molar-refractivity contribution in [3.05, 3.63) is 41.2 Å². The van der Waals surface area contributed by atoms with Crippen molar-refractivity contribution < 1.29 is 14.6 Å². The summed E-state index contributed by atoms with van der Waals surface area (Å²) in [6.45, 7) is 5.86. The van der Waals surface area contributed by atoms with Crippen LogP contribution in [0.25, 0.3) is 0 Å². The Bertz CT molecular complexity index is 850. The summed E-state index contributed by atoms with van der Waals surface area (Å²) < 4.78 is 5.46. The molecule has 0 radical (unpaired) electrons. The molecule has 2 saturated heterocycles. The van der Waals surface area contributed by atoms with Crippen molar-refractivity contribution >= 4 is 34.9 Å². The fourth-order valence-electron chi connectivity index (χ4n) is 3.89. The van der Waals surface area contributed by atoms with Crippen LogP contribution in [0.4, 0.5) is 17.3 Å². The molecule has 154 valence electrons. The number of carbonyl (C=O) groups is 1. The highest BCUT2D eigenvalue weighted by molar-refractivity contribution is 6.33. The number of hydrogen-bond donors (Lipinski definition) is 2. The number of piperidine rings is 1. The van der Waals surface area contributed by atoms with E-state index in [4.69, 9.17) is 21.4 Å². The van der Waals surface area contributed by atoms with E-state index in [1.807, 2.05) is 12.1 Å². The SMILES string of the molecule is O=C(O)c1nc(Nc2ccc(N3CCC(N4CCOCC4)CC3)cc2)ncc1Cl. The zero-order chi connectivity index (χ0) is 20.2. The van der Waals surface area contributed by atoms with Crippen LogP contribution >= 0.6 is 11.6 Å². The third-order valence-electron chi connectivity index (χ3n) is 5.46. The third-order valence-corrected chi connectivity index (χ3v) is 5.74. The van der Waals surface area contributed by atoms with Crippen molar-refractivity contribution in [3.63, 3.8) is 0 Å². The molecule has 4 rings (SSSR count). The molecule has 0 unspecified atom stereocenters. The second kappa shape index (κ2) is 8.94. The van der Waals surface area contributed by atoms with Crippen LogP contribution in [-0.2, 0) is 4.74 Å². The van der Waals surface area contributed by atoms with Crippen LogP contribution in [0, 0.1) is 0 Å². The number of nitrogens with zero attached hydrogens (tertiary/aromatic N) is 4. The Hall–Kier alpha value is -2.42. The standard InChI is InChI=1S/C20H24ClN5O3/c21-17-13-22-20(24-18(17)19(27)28)23-14-1-3-15(4-2-14)25-7-5-16(6-8-25)26-9-11-29-12-10-26/h1-4,13,16H,5-12H2,(H,27,28)(H,22,23,24). The van der Waals surface area contributed by atoms with Crippen molar-refractivity contribution in [2.24, 2.45) is 0 Å². The predicted molar refractivity (Wildman–Crippen MR) is 111 cm³/mol. The summed E-state index contributed by atoms with van der Waals surface area (Å²) in [6, 6.07) is 8.67. The number of benzene rings is 1. The Kier molecular flexibility index (Phi) is 6.13. The van der Waals surface area contributed by atoms with Crippen LogP contribution in [0.2, 0.25) is 5.02 Å². The van der Waals surface area contributed by atoms with Gasteiger partial charge in [-0.05, 0) is 37.1 Å². The Morgan fingerprint density at radius 2 is 1.83 bits per heavy atom. The minimum Gasteiger partial charge on any atom is -0.476 e. The van der Waals surface area contributed by atoms with Crippen LogP contribution in [0.15, 0.2) is 30.5 Å². The molecule has 0 amide bonds. The molecular formula is C20H24ClN5O3. The van der Waals surface area contributed by atoms with Crippen LogP contribution < -0.4 is 10.2 Å². The fraction of sp³-hybridized carbons (Fsp3) is 0.450. The van der Waals surface area contributed by atoms with Crippen LogP contribution in [0.5, 0.6) is 0 Å². The molecule has 0 spiro atoms. The molecule has 0 saturated carbocycles. The zero-order valence-electron chi connectivity index (χ0n) is 16.1. The Balaban J connectivity index is 1.35. The summed E-state index contributed by atoms with van der Waals surface area (Å²) in [5.41, 5.74) is 1.75. The first-order valence-corrected chi connectivity index (χ1v) is 10.2. The molecule has 8 nitrogen and oxygen atoms in total. The summed E-state index contributed by atoms with van der Waals surface area (Å²) >= 11 is 5.81. The molecule has 2 aliphatic heterocycles. The van der Waals surface area contributed by atoms with E-state index >= 15 is 0 Å². The number of nitrogens with one attached hydrogen (secondary N) is 1. The quantitative estimate of drug-likeness (QED) is 0.767. The van der Waals surface area contributed by atoms with E-state index in [1.165, 1.54) is 11.9 Å². The second-order valence-electron chi connectivity index (χ2n) is 7.23. The summed E-state index contributed by atoms with van der Waals surface area (Å²) in [4.78, 5) is 24.1. The number of ether oxygens (including phenoxy) is 1. The molecule has 3 heterocycles. The van der Waals surface area contributed by atoms with Gasteiger partial charge in [0.15, 0.2) is 5.69 Å². The minimum absolute atomic E-state index is 0.0129. The maximum absolute atomic E-state index is 11.2. The molecule has 2 N–H and O–H groups in total. The van der Waals surface area contributed by atoms with Gasteiger partial charge in [-0.1, -0.05) is 11.6 Å². The zero-order valence-corrected chi connectivity index (χ0v) is 16.8. The van der Waals surface area contributed by atoms with Gasteiger partial charge in [0.05, 0.1) is 24.4 Å². The molecule has 0 aliphatic carbocycles. The van der Waals surface area contributed by atoms with Gasteiger partial charge in [-0.25, -0.2) is 14.8 Å². The predicted octanol–water partition coefficient (Wildman–Crippen LogP) is 2.87. The molecule has 1 aromatic heterocycles. The molecular weight excluding hydrogens is 394 g/mol. The van der Waals surface area contributed by atoms with E-state index in [0.29, 0.717) is 6.04 Å². The van der Waals surface area contributed by atoms with E-state index < -0.39 is 5.97 Å². The average Bonchev–Trinajstić information content (AvgIpc) is 2.76. The Morgan fingerprint density at radius 1 is 1.14 bits per heavy atom. The van der Waals surface area contributed by atoms with Crippen LogP contribution in [0.1, 0.15) is 23.3 Å². The number of halogens is 1. The van der Waals surface area contributed by atoms with Gasteiger partial charge in [0.1, 0.15) is 0 Å². The number of rotatable bonds is 5. The number of carboxylic acids is 1. The number of carboxylic acid groups (broad SMARTS) is 1. The smallest absolute Gasteiger partial charge is 0.356 e. The molecule has 29 heavy (non-hydrogen) atoms.